The summed E-state index contributed by atoms with van der Waals surface area (Å²) in [5.41, 5.74) is 2.05. The molecule has 1 heterocycles. The van der Waals surface area contributed by atoms with E-state index < -0.39 is 10.0 Å². The van der Waals surface area contributed by atoms with Crippen molar-refractivity contribution in [3.8, 4) is 22.8 Å². The zero-order chi connectivity index (χ0) is 22.3. The van der Waals surface area contributed by atoms with Gasteiger partial charge in [0.2, 0.25) is 5.88 Å². The molecule has 164 valence electrons. The zero-order valence-electron chi connectivity index (χ0n) is 16.9. The number of ether oxygens (including phenoxy) is 2. The van der Waals surface area contributed by atoms with E-state index in [0.717, 1.165) is 5.56 Å². The fourth-order valence-corrected chi connectivity index (χ4v) is 3.77. The lowest BCUT2D eigenvalue weighted by atomic mass is 10.1. The molecule has 3 N–H and O–H groups in total. The number of aliphatic hydroxyl groups is 2. The molecule has 0 aliphatic heterocycles. The molecule has 2 aromatic carbocycles. The maximum absolute atomic E-state index is 13.0. The van der Waals surface area contributed by atoms with Gasteiger partial charge in [0.05, 0.1) is 23.7 Å². The van der Waals surface area contributed by atoms with Crippen molar-refractivity contribution < 1.29 is 28.1 Å². The minimum Gasteiger partial charge on any atom is -0.491 e. The summed E-state index contributed by atoms with van der Waals surface area (Å²) in [6, 6.07) is 13.2. The molecule has 0 amide bonds. The number of nitrogens with one attached hydrogen (secondary N) is 1. The Morgan fingerprint density at radius 3 is 2.19 bits per heavy atom. The molecule has 0 unspecified atom stereocenters. The maximum atomic E-state index is 13.0. The molecular formula is C21H23N3O6S. The van der Waals surface area contributed by atoms with Crippen LogP contribution in [0.2, 0.25) is 0 Å². The number of hydrogen-bond donors (Lipinski definition) is 3. The molecule has 9 nitrogen and oxygen atoms in total. The third kappa shape index (κ3) is 5.69. The van der Waals surface area contributed by atoms with Gasteiger partial charge in [0, 0.05) is 0 Å². The van der Waals surface area contributed by atoms with Crippen molar-refractivity contribution in [2.24, 2.45) is 0 Å². The molecular weight excluding hydrogens is 422 g/mol. The second kappa shape index (κ2) is 10.2. The van der Waals surface area contributed by atoms with Crippen LogP contribution in [0.5, 0.6) is 11.6 Å². The molecule has 10 heteroatoms. The number of sulfonamides is 1. The fourth-order valence-electron chi connectivity index (χ4n) is 2.74. The molecule has 0 bridgehead atoms. The minimum absolute atomic E-state index is 0.00261. The Labute approximate surface area is 180 Å². The van der Waals surface area contributed by atoms with Gasteiger partial charge >= 0.3 is 0 Å². The average molecular weight is 445 g/mol. The molecule has 0 aliphatic carbocycles. The SMILES string of the molecule is Cc1ccc(-c2c(NS(=O)(=O)c3ccc(OCCO)cc3)ncnc2OCCO)cc1. The monoisotopic (exact) mass is 445 g/mol. The Morgan fingerprint density at radius 2 is 1.55 bits per heavy atom. The van der Waals surface area contributed by atoms with Crippen molar-refractivity contribution in [1.29, 1.82) is 0 Å². The van der Waals surface area contributed by atoms with Crippen LogP contribution in [0.1, 0.15) is 5.56 Å². The number of benzene rings is 2. The smallest absolute Gasteiger partial charge is 0.263 e. The Bertz CT molecular complexity index is 1100. The number of nitrogens with zero attached hydrogens (tertiary/aromatic N) is 2. The number of anilines is 1. The van der Waals surface area contributed by atoms with Crippen molar-refractivity contribution >= 4 is 15.8 Å². The lowest BCUT2D eigenvalue weighted by Gasteiger charge is -2.15. The molecule has 0 saturated carbocycles. The Kier molecular flexibility index (Phi) is 7.40. The van der Waals surface area contributed by atoms with E-state index in [2.05, 4.69) is 14.7 Å². The first-order chi connectivity index (χ1) is 14.9. The van der Waals surface area contributed by atoms with E-state index in [0.29, 0.717) is 16.9 Å². The number of rotatable bonds is 10. The highest BCUT2D eigenvalue weighted by Crippen LogP contribution is 2.35. The van der Waals surface area contributed by atoms with Gasteiger partial charge in [-0.2, -0.15) is 0 Å². The quantitative estimate of drug-likeness (QED) is 0.432. The Hall–Kier alpha value is -3.21. The van der Waals surface area contributed by atoms with Crippen molar-refractivity contribution in [3.63, 3.8) is 0 Å². The van der Waals surface area contributed by atoms with Gasteiger partial charge in [-0.3, -0.25) is 4.72 Å². The van der Waals surface area contributed by atoms with Gasteiger partial charge in [0.1, 0.15) is 25.3 Å². The van der Waals surface area contributed by atoms with Crippen LogP contribution in [0.25, 0.3) is 11.1 Å². The first-order valence-corrected chi connectivity index (χ1v) is 10.9. The highest BCUT2D eigenvalue weighted by molar-refractivity contribution is 7.92. The van der Waals surface area contributed by atoms with Crippen LogP contribution in [0.4, 0.5) is 5.82 Å². The van der Waals surface area contributed by atoms with Crippen LogP contribution in [-0.4, -0.2) is 55.0 Å². The Balaban J connectivity index is 1.96. The van der Waals surface area contributed by atoms with E-state index in [9.17, 15) is 8.42 Å². The fraction of sp³-hybridized carbons (Fsp3) is 0.238. The van der Waals surface area contributed by atoms with Gasteiger partial charge in [-0.25, -0.2) is 18.4 Å². The highest BCUT2D eigenvalue weighted by atomic mass is 32.2. The van der Waals surface area contributed by atoms with E-state index in [1.165, 1.54) is 30.6 Å². The molecule has 0 atom stereocenters. The standard InChI is InChI=1S/C21H23N3O6S/c1-15-2-4-16(5-3-15)19-20(22-14-23-21(19)30-13-11-26)24-31(27,28)18-8-6-17(7-9-18)29-12-10-25/h2-9,14,25-26H,10-13H2,1H3,(H,22,23,24). The molecule has 1 aromatic heterocycles. The van der Waals surface area contributed by atoms with Crippen LogP contribution < -0.4 is 14.2 Å². The second-order valence-electron chi connectivity index (χ2n) is 6.49. The molecule has 0 aliphatic rings. The van der Waals surface area contributed by atoms with E-state index in [-0.39, 0.29) is 43.0 Å². The molecule has 31 heavy (non-hydrogen) atoms. The van der Waals surface area contributed by atoms with E-state index in [4.69, 9.17) is 19.7 Å². The van der Waals surface area contributed by atoms with E-state index >= 15 is 0 Å². The first kappa shape index (κ1) is 22.5. The number of aryl methyl sites for hydroxylation is 1. The largest absolute Gasteiger partial charge is 0.491 e. The molecule has 3 rings (SSSR count). The van der Waals surface area contributed by atoms with Gasteiger partial charge in [0.25, 0.3) is 10.0 Å². The van der Waals surface area contributed by atoms with E-state index in [1.807, 2.05) is 31.2 Å². The van der Waals surface area contributed by atoms with Crippen LogP contribution in [0.3, 0.4) is 0 Å². The van der Waals surface area contributed by atoms with Gasteiger partial charge < -0.3 is 19.7 Å². The molecule has 0 radical (unpaired) electrons. The second-order valence-corrected chi connectivity index (χ2v) is 8.17. The lowest BCUT2D eigenvalue weighted by Crippen LogP contribution is -2.16. The number of aromatic nitrogens is 2. The molecule has 3 aromatic rings. The van der Waals surface area contributed by atoms with Gasteiger partial charge in [0.15, 0.2) is 5.82 Å². The van der Waals surface area contributed by atoms with Crippen LogP contribution >= 0.6 is 0 Å². The number of aliphatic hydroxyl groups excluding tert-OH is 2. The summed E-state index contributed by atoms with van der Waals surface area (Å²) in [6.07, 6.45) is 1.19. The summed E-state index contributed by atoms with van der Waals surface area (Å²) in [7, 11) is -3.98. The predicted octanol–water partition coefficient (Wildman–Crippen LogP) is 2.00. The van der Waals surface area contributed by atoms with Crippen molar-refractivity contribution in [2.45, 2.75) is 11.8 Å². The van der Waals surface area contributed by atoms with Gasteiger partial charge in [-0.15, -0.1) is 0 Å². The third-order valence-electron chi connectivity index (χ3n) is 4.21. The predicted molar refractivity (Wildman–Crippen MR) is 115 cm³/mol. The van der Waals surface area contributed by atoms with Crippen molar-refractivity contribution in [2.75, 3.05) is 31.1 Å². The van der Waals surface area contributed by atoms with Crippen molar-refractivity contribution in [3.05, 3.63) is 60.4 Å². The summed E-state index contributed by atoms with van der Waals surface area (Å²) < 4.78 is 39.2. The summed E-state index contributed by atoms with van der Waals surface area (Å²) in [4.78, 5) is 8.23. The minimum atomic E-state index is -3.98. The number of hydrogen-bond acceptors (Lipinski definition) is 8. The molecule has 0 saturated heterocycles. The lowest BCUT2D eigenvalue weighted by molar-refractivity contribution is 0.197. The van der Waals surface area contributed by atoms with E-state index in [1.54, 1.807) is 0 Å². The summed E-state index contributed by atoms with van der Waals surface area (Å²) in [5.74, 6) is 0.640. The first-order valence-electron chi connectivity index (χ1n) is 9.47. The van der Waals surface area contributed by atoms with Crippen LogP contribution in [-0.2, 0) is 10.0 Å². The maximum Gasteiger partial charge on any atom is 0.263 e. The third-order valence-corrected chi connectivity index (χ3v) is 5.56. The van der Waals surface area contributed by atoms with Gasteiger partial charge in [-0.1, -0.05) is 29.8 Å². The molecule has 0 fully saturated rings. The van der Waals surface area contributed by atoms with Crippen LogP contribution in [0, 0.1) is 6.92 Å². The Morgan fingerprint density at radius 1 is 0.903 bits per heavy atom. The normalized spacial score (nSPS) is 11.2. The topological polar surface area (TPSA) is 131 Å². The summed E-state index contributed by atoms with van der Waals surface area (Å²) in [6.45, 7) is 1.69. The summed E-state index contributed by atoms with van der Waals surface area (Å²) in [5, 5.41) is 17.9. The zero-order valence-corrected chi connectivity index (χ0v) is 17.7. The average Bonchev–Trinajstić information content (AvgIpc) is 2.77. The van der Waals surface area contributed by atoms with Crippen molar-refractivity contribution in [1.82, 2.24) is 9.97 Å². The van der Waals surface area contributed by atoms with Crippen LogP contribution in [0.15, 0.2) is 59.8 Å². The summed E-state index contributed by atoms with van der Waals surface area (Å²) >= 11 is 0. The van der Waals surface area contributed by atoms with Gasteiger partial charge in [-0.05, 0) is 36.8 Å². The highest BCUT2D eigenvalue weighted by Gasteiger charge is 2.21. The molecule has 0 spiro atoms.